The second-order valence-corrected chi connectivity index (χ2v) is 8.91. The van der Waals surface area contributed by atoms with Gasteiger partial charge in [0.05, 0.1) is 12.3 Å². The minimum Gasteiger partial charge on any atom is -0.357 e. The molecular formula is C16H37IN4O2S. The van der Waals surface area contributed by atoms with Gasteiger partial charge in [-0.1, -0.05) is 0 Å². The van der Waals surface area contributed by atoms with Gasteiger partial charge in [0.25, 0.3) is 0 Å². The van der Waals surface area contributed by atoms with Gasteiger partial charge in [-0.2, -0.15) is 0 Å². The summed E-state index contributed by atoms with van der Waals surface area (Å²) in [6.07, 6.45) is 1.85. The van der Waals surface area contributed by atoms with Crippen LogP contribution >= 0.6 is 24.0 Å². The number of guanidine groups is 1. The van der Waals surface area contributed by atoms with Crippen molar-refractivity contribution in [3.05, 3.63) is 0 Å². The summed E-state index contributed by atoms with van der Waals surface area (Å²) in [5, 5.41) is 6.49. The molecule has 6 nitrogen and oxygen atoms in total. The fourth-order valence-electron chi connectivity index (χ4n) is 2.41. The predicted octanol–water partition coefficient (Wildman–Crippen LogP) is 2.10. The van der Waals surface area contributed by atoms with E-state index in [-0.39, 0.29) is 35.8 Å². The number of rotatable bonds is 10. The van der Waals surface area contributed by atoms with Crippen LogP contribution in [0.5, 0.6) is 0 Å². The summed E-state index contributed by atoms with van der Waals surface area (Å²) in [5.41, 5.74) is 0. The summed E-state index contributed by atoms with van der Waals surface area (Å²) >= 11 is 0. The summed E-state index contributed by atoms with van der Waals surface area (Å²) in [6, 6.07) is 1.05. The van der Waals surface area contributed by atoms with E-state index in [0.717, 1.165) is 19.0 Å². The van der Waals surface area contributed by atoms with Gasteiger partial charge in [0, 0.05) is 37.5 Å². The molecular weight excluding hydrogens is 439 g/mol. The van der Waals surface area contributed by atoms with E-state index in [4.69, 9.17) is 0 Å². The van der Waals surface area contributed by atoms with E-state index in [2.05, 4.69) is 48.2 Å². The maximum absolute atomic E-state index is 11.2. The van der Waals surface area contributed by atoms with Gasteiger partial charge in [-0.05, 0) is 48.0 Å². The van der Waals surface area contributed by atoms with Crippen molar-refractivity contribution in [2.24, 2.45) is 4.99 Å². The fourth-order valence-corrected chi connectivity index (χ4v) is 3.19. The third-order valence-corrected chi connectivity index (χ3v) is 4.58. The molecule has 0 aliphatic carbocycles. The van der Waals surface area contributed by atoms with Gasteiger partial charge in [-0.15, -0.1) is 24.0 Å². The Morgan fingerprint density at radius 3 is 2.08 bits per heavy atom. The van der Waals surface area contributed by atoms with Gasteiger partial charge in [0.2, 0.25) is 0 Å². The molecule has 24 heavy (non-hydrogen) atoms. The van der Waals surface area contributed by atoms with Crippen molar-refractivity contribution < 1.29 is 8.42 Å². The molecule has 0 aromatic heterocycles. The van der Waals surface area contributed by atoms with E-state index in [1.165, 1.54) is 6.26 Å². The van der Waals surface area contributed by atoms with Crippen LogP contribution in [0.4, 0.5) is 0 Å². The van der Waals surface area contributed by atoms with Gasteiger partial charge in [-0.25, -0.2) is 8.42 Å². The molecule has 0 radical (unpaired) electrons. The minimum atomic E-state index is -2.92. The molecule has 8 heteroatoms. The number of sulfone groups is 1. The number of nitrogens with zero attached hydrogens (tertiary/aromatic N) is 2. The summed E-state index contributed by atoms with van der Waals surface area (Å²) in [5.74, 6) is 0.940. The highest BCUT2D eigenvalue weighted by atomic mass is 127. The van der Waals surface area contributed by atoms with Crippen LogP contribution in [0.2, 0.25) is 0 Å². The summed E-state index contributed by atoms with van der Waals surface area (Å²) in [4.78, 5) is 7.01. The van der Waals surface area contributed by atoms with Gasteiger partial charge in [0.15, 0.2) is 5.96 Å². The first-order valence-corrected chi connectivity index (χ1v) is 10.6. The van der Waals surface area contributed by atoms with Gasteiger partial charge >= 0.3 is 0 Å². The summed E-state index contributed by atoms with van der Waals surface area (Å²) < 4.78 is 22.5. The first-order valence-electron chi connectivity index (χ1n) is 8.55. The Bertz CT molecular complexity index is 445. The minimum absolute atomic E-state index is 0. The maximum atomic E-state index is 11.2. The maximum Gasteiger partial charge on any atom is 0.191 e. The first-order chi connectivity index (χ1) is 10.6. The largest absolute Gasteiger partial charge is 0.357 e. The van der Waals surface area contributed by atoms with Crippen molar-refractivity contribution in [1.29, 1.82) is 0 Å². The number of halogens is 1. The van der Waals surface area contributed by atoms with Crippen LogP contribution in [-0.2, 0) is 9.84 Å². The molecule has 1 atom stereocenters. The Morgan fingerprint density at radius 1 is 1.12 bits per heavy atom. The highest BCUT2D eigenvalue weighted by Crippen LogP contribution is 2.04. The summed E-state index contributed by atoms with van der Waals surface area (Å²) in [6.45, 7) is 15.2. The molecule has 2 N–H and O–H groups in total. The predicted molar refractivity (Wildman–Crippen MR) is 115 cm³/mol. The van der Waals surface area contributed by atoms with Crippen LogP contribution in [-0.4, -0.2) is 69.0 Å². The van der Waals surface area contributed by atoms with Crippen molar-refractivity contribution in [1.82, 2.24) is 15.5 Å². The third kappa shape index (κ3) is 13.2. The SMILES string of the molecule is CCNC(=NCCN(C(C)C)C(C)C)NC(C)CCS(C)(=O)=O.I. The molecule has 0 heterocycles. The molecule has 0 spiro atoms. The average molecular weight is 476 g/mol. The van der Waals surface area contributed by atoms with Crippen molar-refractivity contribution >= 4 is 39.8 Å². The smallest absolute Gasteiger partial charge is 0.191 e. The van der Waals surface area contributed by atoms with Crippen molar-refractivity contribution in [2.75, 3.05) is 31.6 Å². The van der Waals surface area contributed by atoms with E-state index < -0.39 is 9.84 Å². The Labute approximate surface area is 166 Å². The van der Waals surface area contributed by atoms with Crippen molar-refractivity contribution in [3.8, 4) is 0 Å². The molecule has 0 rings (SSSR count). The standard InChI is InChI=1S/C16H36N4O2S.HI/c1-8-17-16(19-15(6)9-12-23(7,21)22)18-10-11-20(13(2)3)14(4)5;/h13-15H,8-12H2,1-7H3,(H2,17,18,19);1H. The normalized spacial score (nSPS) is 14.0. The lowest BCUT2D eigenvalue weighted by molar-refractivity contribution is 0.181. The van der Waals surface area contributed by atoms with Crippen LogP contribution in [0, 0.1) is 0 Å². The van der Waals surface area contributed by atoms with Gasteiger partial charge < -0.3 is 10.6 Å². The molecule has 0 aliphatic heterocycles. The van der Waals surface area contributed by atoms with E-state index in [1.54, 1.807) is 0 Å². The van der Waals surface area contributed by atoms with Crippen molar-refractivity contribution in [2.45, 2.75) is 66.1 Å². The first kappa shape index (κ1) is 26.1. The van der Waals surface area contributed by atoms with Crippen LogP contribution in [0.15, 0.2) is 4.99 Å². The van der Waals surface area contributed by atoms with E-state index in [9.17, 15) is 8.42 Å². The Kier molecular flexibility index (Phi) is 14.3. The lowest BCUT2D eigenvalue weighted by Crippen LogP contribution is -2.44. The zero-order valence-electron chi connectivity index (χ0n) is 16.3. The van der Waals surface area contributed by atoms with Gasteiger partial charge in [-0.3, -0.25) is 9.89 Å². The van der Waals surface area contributed by atoms with Crippen LogP contribution in [0.3, 0.4) is 0 Å². The topological polar surface area (TPSA) is 73.8 Å². The Morgan fingerprint density at radius 2 is 1.67 bits per heavy atom. The monoisotopic (exact) mass is 476 g/mol. The molecule has 146 valence electrons. The average Bonchev–Trinajstić information content (AvgIpc) is 2.39. The summed E-state index contributed by atoms with van der Waals surface area (Å²) in [7, 11) is -2.92. The molecule has 0 bridgehead atoms. The zero-order chi connectivity index (χ0) is 18.0. The van der Waals surface area contributed by atoms with Crippen LogP contribution in [0.25, 0.3) is 0 Å². The lowest BCUT2D eigenvalue weighted by Gasteiger charge is -2.29. The van der Waals surface area contributed by atoms with E-state index in [0.29, 0.717) is 25.0 Å². The number of hydrogen-bond donors (Lipinski definition) is 2. The van der Waals surface area contributed by atoms with Crippen LogP contribution < -0.4 is 10.6 Å². The molecule has 0 saturated heterocycles. The highest BCUT2D eigenvalue weighted by Gasteiger charge is 2.13. The third-order valence-electron chi connectivity index (χ3n) is 3.60. The zero-order valence-corrected chi connectivity index (χ0v) is 19.4. The lowest BCUT2D eigenvalue weighted by atomic mass is 10.2. The molecule has 0 saturated carbocycles. The fraction of sp³-hybridized carbons (Fsp3) is 0.938. The van der Waals surface area contributed by atoms with Gasteiger partial charge in [0.1, 0.15) is 9.84 Å². The molecule has 0 aromatic rings. The molecule has 1 unspecified atom stereocenters. The highest BCUT2D eigenvalue weighted by molar-refractivity contribution is 14.0. The molecule has 0 aliphatic rings. The molecule has 0 fully saturated rings. The molecule has 0 amide bonds. The number of aliphatic imine (C=N–C) groups is 1. The quantitative estimate of drug-likeness (QED) is 0.287. The van der Waals surface area contributed by atoms with Crippen LogP contribution in [0.1, 0.15) is 48.0 Å². The van der Waals surface area contributed by atoms with E-state index in [1.807, 2.05) is 13.8 Å². The second kappa shape index (κ2) is 13.2. The second-order valence-electron chi connectivity index (χ2n) is 6.65. The Balaban J connectivity index is 0. The molecule has 0 aromatic carbocycles. The van der Waals surface area contributed by atoms with E-state index >= 15 is 0 Å². The number of hydrogen-bond acceptors (Lipinski definition) is 4. The van der Waals surface area contributed by atoms with Crippen molar-refractivity contribution in [3.63, 3.8) is 0 Å². The Hall–Kier alpha value is -0.0900. The number of nitrogens with one attached hydrogen (secondary N) is 2.